The van der Waals surface area contributed by atoms with Crippen LogP contribution in [0.3, 0.4) is 0 Å². The highest BCUT2D eigenvalue weighted by Gasteiger charge is 2.48. The van der Waals surface area contributed by atoms with E-state index in [1.165, 1.54) is 38.0 Å². The predicted octanol–water partition coefficient (Wildman–Crippen LogP) is 2.08. The topological polar surface area (TPSA) is 29.3 Å². The summed E-state index contributed by atoms with van der Waals surface area (Å²) < 4.78 is 0. The molecule has 1 aliphatic carbocycles. The second-order valence-corrected chi connectivity index (χ2v) is 6.44. The largest absolute Gasteiger partial charge is 0.329 e. The highest BCUT2D eigenvalue weighted by Crippen LogP contribution is 2.44. The molecule has 1 aliphatic heterocycles. The van der Waals surface area contributed by atoms with E-state index in [0.29, 0.717) is 5.54 Å². The molecule has 2 aliphatic rings. The molecule has 0 spiro atoms. The van der Waals surface area contributed by atoms with Crippen molar-refractivity contribution >= 4 is 11.8 Å². The summed E-state index contributed by atoms with van der Waals surface area (Å²) in [4.78, 5) is 2.75. The van der Waals surface area contributed by atoms with Gasteiger partial charge in [-0.2, -0.15) is 11.8 Å². The maximum Gasteiger partial charge on any atom is 0.0458 e. The summed E-state index contributed by atoms with van der Waals surface area (Å²) in [6, 6.07) is 0.856. The van der Waals surface area contributed by atoms with Crippen LogP contribution >= 0.6 is 11.8 Å². The van der Waals surface area contributed by atoms with E-state index in [2.05, 4.69) is 30.5 Å². The van der Waals surface area contributed by atoms with Crippen molar-refractivity contribution in [1.82, 2.24) is 4.90 Å². The van der Waals surface area contributed by atoms with Crippen molar-refractivity contribution in [3.05, 3.63) is 0 Å². The lowest BCUT2D eigenvalue weighted by Gasteiger charge is -2.43. The van der Waals surface area contributed by atoms with Crippen LogP contribution in [0.1, 0.15) is 39.5 Å². The van der Waals surface area contributed by atoms with Crippen LogP contribution in [0.2, 0.25) is 0 Å². The highest BCUT2D eigenvalue weighted by molar-refractivity contribution is 8.00. The van der Waals surface area contributed by atoms with Gasteiger partial charge < -0.3 is 5.73 Å². The first-order valence-electron chi connectivity index (χ1n) is 6.33. The standard InChI is InChI=1S/C12H24N2S/c1-3-7-14(11-4-5-11)12(9-13)6-8-15-10(12)2/h10-11H,3-9,13H2,1-2H3. The fourth-order valence-corrected chi connectivity index (χ4v) is 4.41. The van der Waals surface area contributed by atoms with Gasteiger partial charge in [0.1, 0.15) is 0 Å². The van der Waals surface area contributed by atoms with Crippen LogP contribution in [0.5, 0.6) is 0 Å². The van der Waals surface area contributed by atoms with Crippen LogP contribution in [-0.4, -0.2) is 40.6 Å². The van der Waals surface area contributed by atoms with Gasteiger partial charge in [-0.25, -0.2) is 0 Å². The van der Waals surface area contributed by atoms with Crippen LogP contribution in [0.4, 0.5) is 0 Å². The van der Waals surface area contributed by atoms with Gasteiger partial charge in [-0.15, -0.1) is 0 Å². The average molecular weight is 228 g/mol. The molecule has 2 atom stereocenters. The molecular formula is C12H24N2S. The zero-order valence-corrected chi connectivity index (χ0v) is 10.9. The Morgan fingerprint density at radius 3 is 2.60 bits per heavy atom. The van der Waals surface area contributed by atoms with Crippen molar-refractivity contribution in [1.29, 1.82) is 0 Å². The Bertz CT molecular complexity index is 218. The lowest BCUT2D eigenvalue weighted by Crippen LogP contribution is -2.58. The first-order chi connectivity index (χ1) is 7.24. The summed E-state index contributed by atoms with van der Waals surface area (Å²) in [6.07, 6.45) is 5.36. The van der Waals surface area contributed by atoms with Gasteiger partial charge in [-0.05, 0) is 38.0 Å². The van der Waals surface area contributed by atoms with Crippen LogP contribution in [0, 0.1) is 0 Å². The number of hydrogen-bond acceptors (Lipinski definition) is 3. The monoisotopic (exact) mass is 228 g/mol. The van der Waals surface area contributed by atoms with Crippen LogP contribution in [0.25, 0.3) is 0 Å². The van der Waals surface area contributed by atoms with Gasteiger partial charge >= 0.3 is 0 Å². The molecule has 0 aromatic rings. The van der Waals surface area contributed by atoms with E-state index in [0.717, 1.165) is 17.8 Å². The predicted molar refractivity (Wildman–Crippen MR) is 68.3 cm³/mol. The van der Waals surface area contributed by atoms with Gasteiger partial charge in [0.25, 0.3) is 0 Å². The van der Waals surface area contributed by atoms with Crippen molar-refractivity contribution in [2.75, 3.05) is 18.8 Å². The molecule has 2 nitrogen and oxygen atoms in total. The molecule has 0 radical (unpaired) electrons. The Labute approximate surface area is 98.0 Å². The summed E-state index contributed by atoms with van der Waals surface area (Å²) in [5, 5.41) is 0.717. The van der Waals surface area contributed by atoms with E-state index in [1.54, 1.807) is 0 Å². The molecule has 0 aromatic carbocycles. The van der Waals surface area contributed by atoms with E-state index < -0.39 is 0 Å². The molecule has 2 fully saturated rings. The Balaban J connectivity index is 2.13. The number of nitrogens with zero attached hydrogens (tertiary/aromatic N) is 1. The lowest BCUT2D eigenvalue weighted by atomic mass is 9.90. The van der Waals surface area contributed by atoms with Gasteiger partial charge in [0.15, 0.2) is 0 Å². The minimum Gasteiger partial charge on any atom is -0.329 e. The zero-order chi connectivity index (χ0) is 10.9. The Morgan fingerprint density at radius 1 is 1.47 bits per heavy atom. The van der Waals surface area contributed by atoms with E-state index >= 15 is 0 Å². The fraction of sp³-hybridized carbons (Fsp3) is 1.00. The molecule has 0 aromatic heterocycles. The smallest absolute Gasteiger partial charge is 0.0458 e. The third kappa shape index (κ3) is 2.06. The summed E-state index contributed by atoms with van der Waals surface area (Å²) in [7, 11) is 0. The molecule has 2 N–H and O–H groups in total. The molecule has 2 unspecified atom stereocenters. The minimum absolute atomic E-state index is 0.321. The van der Waals surface area contributed by atoms with E-state index in [4.69, 9.17) is 5.73 Å². The van der Waals surface area contributed by atoms with E-state index in [-0.39, 0.29) is 0 Å². The second kappa shape index (κ2) is 4.64. The normalized spacial score (nSPS) is 36.4. The summed E-state index contributed by atoms with van der Waals surface area (Å²) >= 11 is 2.11. The van der Waals surface area contributed by atoms with E-state index in [1.807, 2.05) is 0 Å². The lowest BCUT2D eigenvalue weighted by molar-refractivity contribution is 0.0881. The van der Waals surface area contributed by atoms with Gasteiger partial charge in [0.2, 0.25) is 0 Å². The van der Waals surface area contributed by atoms with E-state index in [9.17, 15) is 0 Å². The molecule has 1 saturated carbocycles. The molecule has 2 rings (SSSR count). The van der Waals surface area contributed by atoms with Gasteiger partial charge in [0.05, 0.1) is 0 Å². The first kappa shape index (κ1) is 11.7. The third-order valence-electron chi connectivity index (χ3n) is 4.04. The summed E-state index contributed by atoms with van der Waals surface area (Å²) in [6.45, 7) is 6.74. The van der Waals surface area contributed by atoms with Gasteiger partial charge in [-0.3, -0.25) is 4.90 Å². The SMILES string of the molecule is CCCN(C1CC1)C1(CN)CCSC1C. The summed E-state index contributed by atoms with van der Waals surface area (Å²) in [5.41, 5.74) is 6.42. The maximum atomic E-state index is 6.10. The zero-order valence-electron chi connectivity index (χ0n) is 10.0. The van der Waals surface area contributed by atoms with Crippen LogP contribution in [-0.2, 0) is 0 Å². The number of nitrogens with two attached hydrogens (primary N) is 1. The van der Waals surface area contributed by atoms with Crippen LogP contribution < -0.4 is 5.73 Å². The Kier molecular flexibility index (Phi) is 3.63. The Morgan fingerprint density at radius 2 is 2.20 bits per heavy atom. The van der Waals surface area contributed by atoms with Crippen LogP contribution in [0.15, 0.2) is 0 Å². The quantitative estimate of drug-likeness (QED) is 0.781. The molecule has 1 saturated heterocycles. The number of rotatable bonds is 5. The fourth-order valence-electron chi connectivity index (χ4n) is 2.93. The van der Waals surface area contributed by atoms with Crippen molar-refractivity contribution < 1.29 is 0 Å². The minimum atomic E-state index is 0.321. The number of thioether (sulfide) groups is 1. The molecule has 88 valence electrons. The Hall–Kier alpha value is 0.270. The second-order valence-electron chi connectivity index (χ2n) is 5.00. The molecule has 3 heteroatoms. The highest BCUT2D eigenvalue weighted by atomic mass is 32.2. The molecule has 0 amide bonds. The van der Waals surface area contributed by atoms with Crippen molar-refractivity contribution in [3.8, 4) is 0 Å². The van der Waals surface area contributed by atoms with Crippen molar-refractivity contribution in [2.24, 2.45) is 5.73 Å². The van der Waals surface area contributed by atoms with Crippen molar-refractivity contribution in [3.63, 3.8) is 0 Å². The summed E-state index contributed by atoms with van der Waals surface area (Å²) in [5.74, 6) is 1.30. The van der Waals surface area contributed by atoms with Crippen molar-refractivity contribution in [2.45, 2.75) is 56.4 Å². The molecule has 0 bridgehead atoms. The molecule has 15 heavy (non-hydrogen) atoms. The first-order valence-corrected chi connectivity index (χ1v) is 7.38. The van der Waals surface area contributed by atoms with Gasteiger partial charge in [-0.1, -0.05) is 13.8 Å². The van der Waals surface area contributed by atoms with Gasteiger partial charge in [0, 0.05) is 23.4 Å². The molecule has 1 heterocycles. The maximum absolute atomic E-state index is 6.10. The average Bonchev–Trinajstić information content (AvgIpc) is 3.00. The number of hydrogen-bond donors (Lipinski definition) is 1. The third-order valence-corrected chi connectivity index (χ3v) is 5.42. The molecular weight excluding hydrogens is 204 g/mol.